The van der Waals surface area contributed by atoms with Gasteiger partial charge in [0.2, 0.25) is 0 Å². The third-order valence-corrected chi connectivity index (χ3v) is 3.91. The topological polar surface area (TPSA) is 96.4 Å². The Hall–Kier alpha value is -1.12. The van der Waals surface area contributed by atoms with Crippen molar-refractivity contribution >= 4 is 51.1 Å². The molecule has 2 rings (SSSR count). The van der Waals surface area contributed by atoms with Crippen LogP contribution in [0.25, 0.3) is 10.9 Å². The van der Waals surface area contributed by atoms with Gasteiger partial charge in [-0.2, -0.15) is 0 Å². The molecule has 4 N–H and O–H groups in total. The summed E-state index contributed by atoms with van der Waals surface area (Å²) in [5.41, 5.74) is 5.71. The van der Waals surface area contributed by atoms with Crippen LogP contribution in [0.1, 0.15) is 13.8 Å². The molecule has 0 radical (unpaired) electrons. The zero-order valence-electron chi connectivity index (χ0n) is 11.5. The molecule has 0 aliphatic carbocycles. The predicted molar refractivity (Wildman–Crippen MR) is 91.6 cm³/mol. The van der Waals surface area contributed by atoms with Crippen LogP contribution in [-0.2, 0) is 4.79 Å². The van der Waals surface area contributed by atoms with E-state index in [-0.39, 0.29) is 11.7 Å². The number of benzene rings is 1. The highest BCUT2D eigenvalue weighted by atomic mass is 127. The average molecular weight is 423 g/mol. The number of aromatic hydroxyl groups is 1. The maximum absolute atomic E-state index is 10.0. The van der Waals surface area contributed by atoms with Crippen LogP contribution < -0.4 is 5.73 Å². The summed E-state index contributed by atoms with van der Waals surface area (Å²) in [5, 5.41) is 19.3. The lowest BCUT2D eigenvalue weighted by atomic mass is 10.1. The van der Waals surface area contributed by atoms with Crippen LogP contribution in [0.5, 0.6) is 5.75 Å². The number of carboxylic acids is 1. The van der Waals surface area contributed by atoms with Crippen molar-refractivity contribution in [2.45, 2.75) is 19.9 Å². The number of nitrogens with two attached hydrogens (primary N) is 1. The van der Waals surface area contributed by atoms with Gasteiger partial charge in [0.1, 0.15) is 11.6 Å². The van der Waals surface area contributed by atoms with Gasteiger partial charge >= 0.3 is 5.97 Å². The van der Waals surface area contributed by atoms with Crippen molar-refractivity contribution in [3.05, 3.63) is 33.0 Å². The molecular formula is C14H16ClIN2O3. The second-order valence-electron chi connectivity index (χ2n) is 4.70. The van der Waals surface area contributed by atoms with Crippen LogP contribution in [0.4, 0.5) is 0 Å². The third kappa shape index (κ3) is 4.69. The van der Waals surface area contributed by atoms with Crippen molar-refractivity contribution in [2.75, 3.05) is 0 Å². The smallest absolute Gasteiger partial charge is 0.320 e. The van der Waals surface area contributed by atoms with E-state index in [1.54, 1.807) is 32.2 Å². The van der Waals surface area contributed by atoms with Gasteiger partial charge in [-0.05, 0) is 46.7 Å². The van der Waals surface area contributed by atoms with E-state index in [1.807, 2.05) is 28.7 Å². The molecular weight excluding hydrogens is 407 g/mol. The van der Waals surface area contributed by atoms with Crippen LogP contribution in [0, 0.1) is 9.49 Å². The number of hydrogen-bond acceptors (Lipinski definition) is 4. The summed E-state index contributed by atoms with van der Waals surface area (Å²) in [6.07, 6.45) is 1.63. The molecule has 0 spiro atoms. The number of halogens is 2. The second kappa shape index (κ2) is 7.77. The maximum atomic E-state index is 10.0. The Balaban J connectivity index is 0.000000240. The van der Waals surface area contributed by atoms with Crippen molar-refractivity contribution in [3.8, 4) is 5.75 Å². The Kier molecular flexibility index (Phi) is 6.63. The minimum atomic E-state index is -0.931. The molecule has 0 aliphatic heterocycles. The Morgan fingerprint density at radius 2 is 2.10 bits per heavy atom. The van der Waals surface area contributed by atoms with Crippen molar-refractivity contribution in [2.24, 2.45) is 11.7 Å². The molecule has 0 fully saturated rings. The van der Waals surface area contributed by atoms with E-state index in [4.69, 9.17) is 22.4 Å². The van der Waals surface area contributed by atoms with Crippen LogP contribution in [0.15, 0.2) is 24.4 Å². The van der Waals surface area contributed by atoms with E-state index in [0.717, 1.165) is 5.39 Å². The molecule has 0 bridgehead atoms. The summed E-state index contributed by atoms with van der Waals surface area (Å²) in [4.78, 5) is 14.1. The number of carbonyl (C=O) groups is 1. The third-order valence-electron chi connectivity index (χ3n) is 2.77. The van der Waals surface area contributed by atoms with Gasteiger partial charge in [0.05, 0.1) is 8.59 Å². The first-order valence-electron chi connectivity index (χ1n) is 6.15. The second-order valence-corrected chi connectivity index (χ2v) is 6.27. The fraction of sp³-hybridized carbons (Fsp3) is 0.286. The summed E-state index contributed by atoms with van der Waals surface area (Å²) >= 11 is 8.00. The molecule has 5 nitrogen and oxygen atoms in total. The first-order valence-corrected chi connectivity index (χ1v) is 7.61. The van der Waals surface area contributed by atoms with Gasteiger partial charge in [-0.15, -0.1) is 0 Å². The standard InChI is InChI=1S/C9H5ClINO.C5H11NO2/c10-6-4-7(11)9(13)8-5(6)2-1-3-12-8;1-3(2)4(6)5(7)8/h1-4,13H;3-4H,6H2,1-2H3,(H,7,8)/t;4-/m.0/s1. The maximum Gasteiger partial charge on any atom is 0.320 e. The summed E-state index contributed by atoms with van der Waals surface area (Å²) in [7, 11) is 0. The van der Waals surface area contributed by atoms with Crippen molar-refractivity contribution in [1.82, 2.24) is 4.98 Å². The number of aromatic nitrogens is 1. The van der Waals surface area contributed by atoms with E-state index >= 15 is 0 Å². The first-order chi connectivity index (χ1) is 9.75. The van der Waals surface area contributed by atoms with E-state index in [0.29, 0.717) is 14.1 Å². The molecule has 0 saturated heterocycles. The van der Waals surface area contributed by atoms with Gasteiger partial charge in [-0.1, -0.05) is 25.4 Å². The number of fused-ring (bicyclic) bond motifs is 1. The molecule has 0 saturated carbocycles. The van der Waals surface area contributed by atoms with Gasteiger partial charge in [0.15, 0.2) is 5.75 Å². The van der Waals surface area contributed by atoms with Gasteiger partial charge in [0, 0.05) is 11.6 Å². The molecule has 7 heteroatoms. The molecule has 21 heavy (non-hydrogen) atoms. The monoisotopic (exact) mass is 422 g/mol. The Labute approximate surface area is 141 Å². The highest BCUT2D eigenvalue weighted by Gasteiger charge is 2.14. The lowest BCUT2D eigenvalue weighted by molar-refractivity contribution is -0.139. The molecule has 1 atom stereocenters. The number of carboxylic acid groups (broad SMARTS) is 1. The Morgan fingerprint density at radius 1 is 1.48 bits per heavy atom. The molecule has 1 aromatic carbocycles. The first kappa shape index (κ1) is 17.9. The number of aliphatic carboxylic acids is 1. The van der Waals surface area contributed by atoms with E-state index in [1.165, 1.54) is 0 Å². The van der Waals surface area contributed by atoms with E-state index < -0.39 is 12.0 Å². The molecule has 0 amide bonds. The molecule has 114 valence electrons. The van der Waals surface area contributed by atoms with Crippen LogP contribution in [-0.4, -0.2) is 27.2 Å². The van der Waals surface area contributed by atoms with Crippen LogP contribution in [0.2, 0.25) is 5.02 Å². The van der Waals surface area contributed by atoms with Gasteiger partial charge in [-0.25, -0.2) is 0 Å². The predicted octanol–water partition coefficient (Wildman–Crippen LogP) is 3.25. The fourth-order valence-electron chi connectivity index (χ4n) is 1.44. The molecule has 0 unspecified atom stereocenters. The number of rotatable bonds is 2. The Bertz CT molecular complexity index is 649. The normalized spacial score (nSPS) is 11.9. The zero-order chi connectivity index (χ0) is 16.2. The Morgan fingerprint density at radius 3 is 2.57 bits per heavy atom. The SMILES string of the molecule is CC(C)[C@H](N)C(=O)O.Oc1c(I)cc(Cl)c2cccnc12. The fourth-order valence-corrected chi connectivity index (χ4v) is 2.45. The van der Waals surface area contributed by atoms with Crippen molar-refractivity contribution in [1.29, 1.82) is 0 Å². The minimum absolute atomic E-state index is 0.0208. The lowest BCUT2D eigenvalue weighted by Gasteiger charge is -2.07. The lowest BCUT2D eigenvalue weighted by Crippen LogP contribution is -2.34. The highest BCUT2D eigenvalue weighted by molar-refractivity contribution is 14.1. The number of phenols is 1. The van der Waals surface area contributed by atoms with Crippen molar-refractivity contribution in [3.63, 3.8) is 0 Å². The largest absolute Gasteiger partial charge is 0.505 e. The van der Waals surface area contributed by atoms with Gasteiger partial charge < -0.3 is 15.9 Å². The molecule has 1 aromatic heterocycles. The van der Waals surface area contributed by atoms with Crippen LogP contribution in [0.3, 0.4) is 0 Å². The summed E-state index contributed by atoms with van der Waals surface area (Å²) in [5.74, 6) is -0.715. The van der Waals surface area contributed by atoms with Gasteiger partial charge in [0.25, 0.3) is 0 Å². The number of nitrogens with zero attached hydrogens (tertiary/aromatic N) is 1. The zero-order valence-corrected chi connectivity index (χ0v) is 14.5. The van der Waals surface area contributed by atoms with Gasteiger partial charge in [-0.3, -0.25) is 9.78 Å². The van der Waals surface area contributed by atoms with E-state index in [9.17, 15) is 9.90 Å². The number of pyridine rings is 1. The average Bonchev–Trinajstić information content (AvgIpc) is 2.44. The number of phenolic OH excluding ortho intramolecular Hbond substituents is 1. The summed E-state index contributed by atoms with van der Waals surface area (Å²) in [6, 6.07) is 4.64. The van der Waals surface area contributed by atoms with Crippen LogP contribution >= 0.6 is 34.2 Å². The molecule has 2 aromatic rings. The molecule has 0 aliphatic rings. The van der Waals surface area contributed by atoms with Crippen molar-refractivity contribution < 1.29 is 15.0 Å². The minimum Gasteiger partial charge on any atom is -0.505 e. The quantitative estimate of drug-likeness (QED) is 0.646. The number of hydrogen-bond donors (Lipinski definition) is 3. The highest BCUT2D eigenvalue weighted by Crippen LogP contribution is 2.33. The molecule has 1 heterocycles. The summed E-state index contributed by atoms with van der Waals surface area (Å²) in [6.45, 7) is 3.55. The summed E-state index contributed by atoms with van der Waals surface area (Å²) < 4.78 is 0.716. The van der Waals surface area contributed by atoms with E-state index in [2.05, 4.69) is 4.98 Å².